The van der Waals surface area contributed by atoms with E-state index in [0.29, 0.717) is 24.4 Å². The van der Waals surface area contributed by atoms with Crippen molar-refractivity contribution in [2.75, 3.05) is 4.31 Å². The second-order valence-electron chi connectivity index (χ2n) is 6.84. The molecule has 0 bridgehead atoms. The van der Waals surface area contributed by atoms with Crippen molar-refractivity contribution < 1.29 is 12.8 Å². The van der Waals surface area contributed by atoms with Crippen LogP contribution >= 0.6 is 0 Å². The molecule has 1 aliphatic rings. The molecule has 0 aliphatic carbocycles. The molecular formula is C20H24FNO2S. The van der Waals surface area contributed by atoms with Crippen molar-refractivity contribution in [2.24, 2.45) is 0 Å². The fourth-order valence-corrected chi connectivity index (χ4v) is 5.10. The molecule has 1 heterocycles. The van der Waals surface area contributed by atoms with Crippen LogP contribution in [-0.4, -0.2) is 14.5 Å². The van der Waals surface area contributed by atoms with Crippen molar-refractivity contribution in [2.45, 2.75) is 56.9 Å². The molecule has 0 N–H and O–H groups in total. The van der Waals surface area contributed by atoms with Crippen molar-refractivity contribution in [3.05, 3.63) is 59.4 Å². The van der Waals surface area contributed by atoms with Gasteiger partial charge in [0.2, 0.25) is 0 Å². The highest BCUT2D eigenvalue weighted by molar-refractivity contribution is 7.92. The first-order chi connectivity index (χ1) is 11.8. The molecule has 0 spiro atoms. The van der Waals surface area contributed by atoms with Gasteiger partial charge in [0, 0.05) is 6.04 Å². The molecule has 25 heavy (non-hydrogen) atoms. The van der Waals surface area contributed by atoms with Crippen LogP contribution in [0.3, 0.4) is 0 Å². The maximum absolute atomic E-state index is 13.5. The number of halogens is 1. The van der Waals surface area contributed by atoms with Gasteiger partial charge >= 0.3 is 0 Å². The molecule has 134 valence electrons. The van der Waals surface area contributed by atoms with Crippen molar-refractivity contribution in [1.82, 2.24) is 0 Å². The van der Waals surface area contributed by atoms with Crippen LogP contribution in [0, 0.1) is 5.82 Å². The van der Waals surface area contributed by atoms with Gasteiger partial charge in [0.25, 0.3) is 10.0 Å². The Morgan fingerprint density at radius 1 is 1.20 bits per heavy atom. The maximum Gasteiger partial charge on any atom is 0.264 e. The lowest BCUT2D eigenvalue weighted by atomic mass is 9.99. The Morgan fingerprint density at radius 3 is 2.52 bits per heavy atom. The third-order valence-corrected chi connectivity index (χ3v) is 7.07. The predicted octanol–water partition coefficient (Wildman–Crippen LogP) is 4.87. The molecule has 2 unspecified atom stereocenters. The highest BCUT2D eigenvalue weighted by Gasteiger charge is 2.33. The normalized spacial score (nSPS) is 18.7. The summed E-state index contributed by atoms with van der Waals surface area (Å²) < 4.78 is 41.4. The summed E-state index contributed by atoms with van der Waals surface area (Å²) in [6, 6.07) is 11.3. The van der Waals surface area contributed by atoms with E-state index in [0.717, 1.165) is 17.5 Å². The molecule has 2 atom stereocenters. The first-order valence-electron chi connectivity index (χ1n) is 8.77. The summed E-state index contributed by atoms with van der Waals surface area (Å²) in [7, 11) is -3.68. The average molecular weight is 361 g/mol. The number of hydrogen-bond acceptors (Lipinski definition) is 2. The number of rotatable bonds is 4. The van der Waals surface area contributed by atoms with Crippen molar-refractivity contribution in [1.29, 1.82) is 0 Å². The van der Waals surface area contributed by atoms with E-state index >= 15 is 0 Å². The second kappa shape index (κ2) is 6.79. The largest absolute Gasteiger partial charge is 0.264 e. The Balaban J connectivity index is 2.02. The first kappa shape index (κ1) is 17.9. The van der Waals surface area contributed by atoms with E-state index in [1.165, 1.54) is 16.4 Å². The molecular weight excluding hydrogens is 337 g/mol. The summed E-state index contributed by atoms with van der Waals surface area (Å²) in [4.78, 5) is 0.281. The van der Waals surface area contributed by atoms with E-state index in [1.807, 2.05) is 19.1 Å². The highest BCUT2D eigenvalue weighted by Crippen LogP contribution is 2.36. The molecule has 0 amide bonds. The molecule has 2 aromatic carbocycles. The summed E-state index contributed by atoms with van der Waals surface area (Å²) in [5, 5.41) is 0. The van der Waals surface area contributed by atoms with Gasteiger partial charge in [-0.05, 0) is 73.6 Å². The van der Waals surface area contributed by atoms with Crippen LogP contribution in [0.15, 0.2) is 47.4 Å². The molecule has 3 rings (SSSR count). The van der Waals surface area contributed by atoms with Gasteiger partial charge in [-0.3, -0.25) is 4.31 Å². The SMILES string of the molecule is CCC(C)c1ccc(S(=O)(=O)N2c3ccc(F)cc3CCC2C)cc1. The molecule has 0 fully saturated rings. The monoisotopic (exact) mass is 361 g/mol. The van der Waals surface area contributed by atoms with E-state index in [-0.39, 0.29) is 16.8 Å². The zero-order valence-corrected chi connectivity index (χ0v) is 15.7. The first-order valence-corrected chi connectivity index (χ1v) is 10.2. The number of hydrogen-bond donors (Lipinski definition) is 0. The zero-order chi connectivity index (χ0) is 18.2. The van der Waals surface area contributed by atoms with Crippen LogP contribution < -0.4 is 4.31 Å². The van der Waals surface area contributed by atoms with Crippen LogP contribution in [-0.2, 0) is 16.4 Å². The van der Waals surface area contributed by atoms with E-state index in [4.69, 9.17) is 0 Å². The number of sulfonamides is 1. The minimum Gasteiger partial charge on any atom is -0.263 e. The minimum atomic E-state index is -3.68. The van der Waals surface area contributed by atoms with E-state index in [2.05, 4.69) is 13.8 Å². The van der Waals surface area contributed by atoms with Crippen molar-refractivity contribution >= 4 is 15.7 Å². The third kappa shape index (κ3) is 3.30. The fourth-order valence-electron chi connectivity index (χ4n) is 3.37. The second-order valence-corrected chi connectivity index (χ2v) is 8.65. The van der Waals surface area contributed by atoms with Gasteiger partial charge in [-0.2, -0.15) is 0 Å². The standard InChI is InChI=1S/C20H24FNO2S/c1-4-14(2)16-7-10-19(11-8-16)25(23,24)22-15(3)5-6-17-13-18(21)9-12-20(17)22/h7-15H,4-6H2,1-3H3. The molecule has 0 aromatic heterocycles. The quantitative estimate of drug-likeness (QED) is 0.779. The van der Waals surface area contributed by atoms with Crippen LogP contribution in [0.1, 0.15) is 50.7 Å². The number of aryl methyl sites for hydroxylation is 1. The topological polar surface area (TPSA) is 37.4 Å². The average Bonchev–Trinajstić information content (AvgIpc) is 2.61. The van der Waals surface area contributed by atoms with Crippen LogP contribution in [0.5, 0.6) is 0 Å². The summed E-state index contributed by atoms with van der Waals surface area (Å²) >= 11 is 0. The Labute approximate surface area is 149 Å². The van der Waals surface area contributed by atoms with Gasteiger partial charge in [0.05, 0.1) is 10.6 Å². The Bertz CT molecular complexity index is 862. The third-order valence-electron chi connectivity index (χ3n) is 5.13. The van der Waals surface area contributed by atoms with Gasteiger partial charge < -0.3 is 0 Å². The smallest absolute Gasteiger partial charge is 0.263 e. The van der Waals surface area contributed by atoms with Crippen molar-refractivity contribution in [3.8, 4) is 0 Å². The summed E-state index contributed by atoms with van der Waals surface area (Å²) in [5.74, 6) is 0.0675. The summed E-state index contributed by atoms with van der Waals surface area (Å²) in [6.07, 6.45) is 2.38. The lowest BCUT2D eigenvalue weighted by Crippen LogP contribution is -2.42. The van der Waals surface area contributed by atoms with E-state index in [1.54, 1.807) is 18.2 Å². The lowest BCUT2D eigenvalue weighted by Gasteiger charge is -2.36. The Hall–Kier alpha value is -1.88. The van der Waals surface area contributed by atoms with Crippen LogP contribution in [0.4, 0.5) is 10.1 Å². The molecule has 0 saturated heterocycles. The predicted molar refractivity (Wildman–Crippen MR) is 99.0 cm³/mol. The molecule has 5 heteroatoms. The molecule has 0 saturated carbocycles. The summed E-state index contributed by atoms with van der Waals surface area (Å²) in [6.45, 7) is 6.14. The number of benzene rings is 2. The zero-order valence-electron chi connectivity index (χ0n) is 14.9. The van der Waals surface area contributed by atoms with Gasteiger partial charge in [-0.25, -0.2) is 12.8 Å². The van der Waals surface area contributed by atoms with Crippen molar-refractivity contribution in [3.63, 3.8) is 0 Å². The molecule has 3 nitrogen and oxygen atoms in total. The van der Waals surface area contributed by atoms with Gasteiger partial charge in [0.1, 0.15) is 5.82 Å². The minimum absolute atomic E-state index is 0.155. The number of fused-ring (bicyclic) bond motifs is 1. The maximum atomic E-state index is 13.5. The van der Waals surface area contributed by atoms with Gasteiger partial charge in [-0.1, -0.05) is 26.0 Å². The highest BCUT2D eigenvalue weighted by atomic mass is 32.2. The van der Waals surface area contributed by atoms with Crippen LogP contribution in [0.2, 0.25) is 0 Å². The fraction of sp³-hybridized carbons (Fsp3) is 0.400. The Morgan fingerprint density at radius 2 is 1.88 bits per heavy atom. The van der Waals surface area contributed by atoms with E-state index < -0.39 is 10.0 Å². The molecule has 2 aromatic rings. The summed E-state index contributed by atoms with van der Waals surface area (Å²) in [5.41, 5.74) is 2.47. The molecule has 1 aliphatic heterocycles. The number of anilines is 1. The van der Waals surface area contributed by atoms with Crippen LogP contribution in [0.25, 0.3) is 0 Å². The van der Waals surface area contributed by atoms with E-state index in [9.17, 15) is 12.8 Å². The van der Waals surface area contributed by atoms with Gasteiger partial charge in [0.15, 0.2) is 0 Å². The van der Waals surface area contributed by atoms with Gasteiger partial charge in [-0.15, -0.1) is 0 Å². The lowest BCUT2D eigenvalue weighted by molar-refractivity contribution is 0.560. The Kier molecular flexibility index (Phi) is 4.87. The number of nitrogens with zero attached hydrogens (tertiary/aromatic N) is 1. The molecule has 0 radical (unpaired) electrons.